The molecule has 1 aromatic heterocycles. The second-order valence-corrected chi connectivity index (χ2v) is 4.75. The molecule has 0 aliphatic heterocycles. The van der Waals surface area contributed by atoms with Gasteiger partial charge in [-0.3, -0.25) is 0 Å². The van der Waals surface area contributed by atoms with Crippen LogP contribution in [0.2, 0.25) is 0 Å². The number of nitrogens with one attached hydrogen (secondary N) is 2. The summed E-state index contributed by atoms with van der Waals surface area (Å²) in [4.78, 5) is 9.65. The van der Waals surface area contributed by atoms with E-state index in [1.807, 2.05) is 0 Å². The van der Waals surface area contributed by atoms with Crippen molar-refractivity contribution in [3.05, 3.63) is 24.5 Å². The minimum absolute atomic E-state index is 0.790. The number of hydrogen-bond acceptors (Lipinski definition) is 3. The first-order valence-corrected chi connectivity index (χ1v) is 6.20. The summed E-state index contributed by atoms with van der Waals surface area (Å²) in [7, 11) is 2.13. The normalized spacial score (nSPS) is 15.4. The van der Waals surface area contributed by atoms with E-state index in [1.165, 1.54) is 18.5 Å². The van der Waals surface area contributed by atoms with Gasteiger partial charge < -0.3 is 15.2 Å². The molecule has 1 aromatic carbocycles. The van der Waals surface area contributed by atoms with Gasteiger partial charge in [-0.15, -0.1) is 0 Å². The number of hydrogen-bond donors (Lipinski definition) is 2. The van der Waals surface area contributed by atoms with E-state index >= 15 is 0 Å². The Balaban J connectivity index is 1.64. The first-order valence-electron chi connectivity index (χ1n) is 6.20. The lowest BCUT2D eigenvalue weighted by Crippen LogP contribution is -2.30. The molecule has 1 fully saturated rings. The second-order valence-electron chi connectivity index (χ2n) is 4.75. The van der Waals surface area contributed by atoms with Crippen molar-refractivity contribution in [1.29, 1.82) is 0 Å². The Morgan fingerprint density at radius 1 is 1.47 bits per heavy atom. The maximum absolute atomic E-state index is 4.23. The fourth-order valence-electron chi connectivity index (χ4n) is 2.01. The van der Waals surface area contributed by atoms with Crippen LogP contribution >= 0.6 is 0 Å². The molecule has 90 valence electrons. The molecule has 0 amide bonds. The number of H-pyrrole nitrogens is 1. The van der Waals surface area contributed by atoms with Crippen LogP contribution in [0.4, 0.5) is 5.69 Å². The van der Waals surface area contributed by atoms with Gasteiger partial charge in [0.05, 0.1) is 17.4 Å². The smallest absolute Gasteiger partial charge is 0.0931 e. The molecule has 0 unspecified atom stereocenters. The second kappa shape index (κ2) is 4.37. The van der Waals surface area contributed by atoms with E-state index in [2.05, 4.69) is 45.4 Å². The first-order chi connectivity index (χ1) is 8.33. The molecule has 0 saturated heterocycles. The molecular formula is C13H18N4. The maximum Gasteiger partial charge on any atom is 0.0931 e. The zero-order chi connectivity index (χ0) is 11.7. The maximum atomic E-state index is 4.23. The van der Waals surface area contributed by atoms with E-state index in [-0.39, 0.29) is 0 Å². The van der Waals surface area contributed by atoms with Gasteiger partial charge in [-0.2, -0.15) is 0 Å². The molecule has 4 nitrogen and oxygen atoms in total. The largest absolute Gasteiger partial charge is 0.373 e. The van der Waals surface area contributed by atoms with Crippen molar-refractivity contribution < 1.29 is 0 Å². The lowest BCUT2D eigenvalue weighted by molar-refractivity contribution is 0.675. The third-order valence-corrected chi connectivity index (χ3v) is 3.30. The standard InChI is InChI=1S/C13H18N4/c1-17(7-6-14-10-2-3-10)11-4-5-12-13(8-11)16-9-15-12/h4-5,8-10,14H,2-3,6-7H2,1H3,(H,15,16). The number of imidazole rings is 1. The van der Waals surface area contributed by atoms with Gasteiger partial charge >= 0.3 is 0 Å². The van der Waals surface area contributed by atoms with Crippen LogP contribution in [-0.4, -0.2) is 36.1 Å². The molecule has 1 aliphatic carbocycles. The molecule has 0 bridgehead atoms. The van der Waals surface area contributed by atoms with Gasteiger partial charge in [0.1, 0.15) is 0 Å². The molecule has 2 aromatic rings. The Morgan fingerprint density at radius 2 is 2.35 bits per heavy atom. The van der Waals surface area contributed by atoms with E-state index in [9.17, 15) is 0 Å². The number of aromatic amines is 1. The van der Waals surface area contributed by atoms with Crippen LogP contribution in [0.15, 0.2) is 24.5 Å². The highest BCUT2D eigenvalue weighted by Crippen LogP contribution is 2.20. The van der Waals surface area contributed by atoms with Gasteiger partial charge in [0.25, 0.3) is 0 Å². The minimum atomic E-state index is 0.790. The minimum Gasteiger partial charge on any atom is -0.373 e. The zero-order valence-electron chi connectivity index (χ0n) is 10.1. The molecule has 1 heterocycles. The molecule has 1 saturated carbocycles. The number of benzene rings is 1. The predicted molar refractivity (Wildman–Crippen MR) is 70.4 cm³/mol. The van der Waals surface area contributed by atoms with Crippen LogP contribution in [0.3, 0.4) is 0 Å². The van der Waals surface area contributed by atoms with Crippen LogP contribution in [0.5, 0.6) is 0 Å². The van der Waals surface area contributed by atoms with E-state index in [0.29, 0.717) is 0 Å². The molecule has 0 spiro atoms. The van der Waals surface area contributed by atoms with Crippen molar-refractivity contribution in [2.24, 2.45) is 0 Å². The third kappa shape index (κ3) is 2.42. The summed E-state index contributed by atoms with van der Waals surface area (Å²) in [6, 6.07) is 7.13. The average Bonchev–Trinajstić information content (AvgIpc) is 3.04. The van der Waals surface area contributed by atoms with Gasteiger partial charge in [0, 0.05) is 31.9 Å². The van der Waals surface area contributed by atoms with E-state index < -0.39 is 0 Å². The predicted octanol–water partition coefficient (Wildman–Crippen LogP) is 1.75. The fraction of sp³-hybridized carbons (Fsp3) is 0.462. The number of nitrogens with zero attached hydrogens (tertiary/aromatic N) is 2. The highest BCUT2D eigenvalue weighted by molar-refractivity contribution is 5.78. The van der Waals surface area contributed by atoms with Crippen molar-refractivity contribution in [3.8, 4) is 0 Å². The average molecular weight is 230 g/mol. The van der Waals surface area contributed by atoms with Crippen LogP contribution in [0.25, 0.3) is 11.0 Å². The van der Waals surface area contributed by atoms with Gasteiger partial charge in [0.2, 0.25) is 0 Å². The molecule has 17 heavy (non-hydrogen) atoms. The molecule has 1 aliphatic rings. The Morgan fingerprint density at radius 3 is 3.18 bits per heavy atom. The monoisotopic (exact) mass is 230 g/mol. The summed E-state index contributed by atoms with van der Waals surface area (Å²) >= 11 is 0. The lowest BCUT2D eigenvalue weighted by Gasteiger charge is -2.19. The third-order valence-electron chi connectivity index (χ3n) is 3.30. The molecular weight excluding hydrogens is 212 g/mol. The number of fused-ring (bicyclic) bond motifs is 1. The Labute approximate surface area is 101 Å². The van der Waals surface area contributed by atoms with Crippen LogP contribution in [-0.2, 0) is 0 Å². The molecule has 0 atom stereocenters. The Hall–Kier alpha value is -1.55. The van der Waals surface area contributed by atoms with Crippen molar-refractivity contribution in [3.63, 3.8) is 0 Å². The zero-order valence-corrected chi connectivity index (χ0v) is 10.1. The van der Waals surface area contributed by atoms with Crippen molar-refractivity contribution in [2.75, 3.05) is 25.0 Å². The summed E-state index contributed by atoms with van der Waals surface area (Å²) in [5.41, 5.74) is 3.36. The molecule has 4 heteroatoms. The highest BCUT2D eigenvalue weighted by atomic mass is 15.1. The quantitative estimate of drug-likeness (QED) is 0.822. The van der Waals surface area contributed by atoms with Gasteiger partial charge in [-0.1, -0.05) is 0 Å². The Bertz CT molecular complexity index is 501. The number of anilines is 1. The van der Waals surface area contributed by atoms with Crippen molar-refractivity contribution in [2.45, 2.75) is 18.9 Å². The molecule has 0 radical (unpaired) electrons. The van der Waals surface area contributed by atoms with Crippen LogP contribution in [0.1, 0.15) is 12.8 Å². The Kier molecular flexibility index (Phi) is 2.73. The SMILES string of the molecule is CN(CCNC1CC1)c1ccc2nc[nH]c2c1. The topological polar surface area (TPSA) is 44.0 Å². The summed E-state index contributed by atoms with van der Waals surface area (Å²) in [6.45, 7) is 2.10. The van der Waals surface area contributed by atoms with Crippen LogP contribution < -0.4 is 10.2 Å². The van der Waals surface area contributed by atoms with Crippen molar-refractivity contribution >= 4 is 16.7 Å². The number of likely N-dealkylation sites (N-methyl/N-ethyl adjacent to an activating group) is 1. The van der Waals surface area contributed by atoms with Crippen LogP contribution in [0, 0.1) is 0 Å². The van der Waals surface area contributed by atoms with E-state index in [1.54, 1.807) is 6.33 Å². The first kappa shape index (κ1) is 10.6. The number of aromatic nitrogens is 2. The molecule has 3 rings (SSSR count). The summed E-state index contributed by atoms with van der Waals surface area (Å²) < 4.78 is 0. The number of rotatable bonds is 5. The van der Waals surface area contributed by atoms with Crippen molar-refractivity contribution in [1.82, 2.24) is 15.3 Å². The molecule has 2 N–H and O–H groups in total. The summed E-state index contributed by atoms with van der Waals surface area (Å²) in [6.07, 6.45) is 4.44. The summed E-state index contributed by atoms with van der Waals surface area (Å²) in [5.74, 6) is 0. The van der Waals surface area contributed by atoms with Gasteiger partial charge in [0.15, 0.2) is 0 Å². The lowest BCUT2D eigenvalue weighted by atomic mass is 10.2. The summed E-state index contributed by atoms with van der Waals surface area (Å²) in [5, 5.41) is 3.53. The van der Waals surface area contributed by atoms with E-state index in [4.69, 9.17) is 0 Å². The highest BCUT2D eigenvalue weighted by Gasteiger charge is 2.19. The van der Waals surface area contributed by atoms with E-state index in [0.717, 1.165) is 30.2 Å². The fourth-order valence-corrected chi connectivity index (χ4v) is 2.01. The van der Waals surface area contributed by atoms with Gasteiger partial charge in [-0.05, 0) is 31.0 Å². The van der Waals surface area contributed by atoms with Gasteiger partial charge in [-0.25, -0.2) is 4.98 Å².